The minimum Gasteiger partial charge on any atom is -0.354 e. The van der Waals surface area contributed by atoms with Gasteiger partial charge in [-0.2, -0.15) is 0 Å². The summed E-state index contributed by atoms with van der Waals surface area (Å²) in [5.74, 6) is -0.0952. The topological polar surface area (TPSA) is 110 Å². The third-order valence-electron chi connectivity index (χ3n) is 1.85. The number of rotatable bonds is 7. The van der Waals surface area contributed by atoms with Crippen LogP contribution in [0.1, 0.15) is 26.2 Å². The van der Waals surface area contributed by atoms with E-state index in [4.69, 9.17) is 11.5 Å². The minimum atomic E-state index is -0.591. The number of urea groups is 1. The molecule has 6 heteroatoms. The van der Waals surface area contributed by atoms with E-state index in [-0.39, 0.29) is 11.9 Å². The Hall–Kier alpha value is -1.30. The third kappa shape index (κ3) is 9.01. The Labute approximate surface area is 89.8 Å². The van der Waals surface area contributed by atoms with E-state index in [9.17, 15) is 9.59 Å². The summed E-state index contributed by atoms with van der Waals surface area (Å²) >= 11 is 0. The zero-order valence-corrected chi connectivity index (χ0v) is 9.08. The summed E-state index contributed by atoms with van der Waals surface area (Å²) in [4.78, 5) is 21.5. The number of nitrogens with one attached hydrogen (secondary N) is 2. The Bertz CT molecular complexity index is 208. The normalized spacial score (nSPS) is 11.9. The molecule has 0 radical (unpaired) electrons. The lowest BCUT2D eigenvalue weighted by atomic mass is 10.1. The maximum absolute atomic E-state index is 11.2. The second kappa shape index (κ2) is 8.05. The lowest BCUT2D eigenvalue weighted by Crippen LogP contribution is -2.38. The van der Waals surface area contributed by atoms with E-state index >= 15 is 0 Å². The first kappa shape index (κ1) is 13.7. The van der Waals surface area contributed by atoms with Gasteiger partial charge in [-0.15, -0.1) is 0 Å². The van der Waals surface area contributed by atoms with Crippen LogP contribution in [-0.2, 0) is 4.79 Å². The van der Waals surface area contributed by atoms with E-state index in [2.05, 4.69) is 10.6 Å². The summed E-state index contributed by atoms with van der Waals surface area (Å²) in [6, 6.07) is -0.675. The van der Waals surface area contributed by atoms with Gasteiger partial charge in [-0.3, -0.25) is 4.79 Å². The molecule has 0 aliphatic heterocycles. The quantitative estimate of drug-likeness (QED) is 0.422. The van der Waals surface area contributed by atoms with Crippen LogP contribution in [0.4, 0.5) is 4.79 Å². The van der Waals surface area contributed by atoms with Crippen molar-refractivity contribution >= 4 is 11.9 Å². The van der Waals surface area contributed by atoms with Crippen molar-refractivity contribution in [3.05, 3.63) is 0 Å². The Morgan fingerprint density at radius 3 is 2.40 bits per heavy atom. The molecule has 88 valence electrons. The first-order chi connectivity index (χ1) is 7.06. The Balaban J connectivity index is 3.44. The van der Waals surface area contributed by atoms with Gasteiger partial charge in [0.25, 0.3) is 0 Å². The molecule has 0 bridgehead atoms. The largest absolute Gasteiger partial charge is 0.354 e. The molecule has 0 aromatic rings. The SMILES string of the molecule is CCCC(N)CC(=O)NCCNC(N)=O. The van der Waals surface area contributed by atoms with Crippen LogP contribution in [0, 0.1) is 0 Å². The molecule has 1 atom stereocenters. The number of carbonyl (C=O) groups is 2. The van der Waals surface area contributed by atoms with Gasteiger partial charge in [0.1, 0.15) is 0 Å². The van der Waals surface area contributed by atoms with E-state index in [1.54, 1.807) is 0 Å². The summed E-state index contributed by atoms with van der Waals surface area (Å²) in [5.41, 5.74) is 10.5. The second-order valence-electron chi connectivity index (χ2n) is 3.39. The van der Waals surface area contributed by atoms with Crippen LogP contribution in [0.2, 0.25) is 0 Å². The molecule has 15 heavy (non-hydrogen) atoms. The zero-order chi connectivity index (χ0) is 11.7. The number of hydrogen-bond acceptors (Lipinski definition) is 3. The van der Waals surface area contributed by atoms with E-state index < -0.39 is 6.03 Å². The van der Waals surface area contributed by atoms with Gasteiger partial charge >= 0.3 is 6.03 Å². The van der Waals surface area contributed by atoms with Gasteiger partial charge < -0.3 is 22.1 Å². The molecule has 0 saturated heterocycles. The summed E-state index contributed by atoms with van der Waals surface area (Å²) in [6.45, 7) is 2.74. The van der Waals surface area contributed by atoms with Crippen LogP contribution < -0.4 is 22.1 Å². The van der Waals surface area contributed by atoms with Crippen molar-refractivity contribution in [1.82, 2.24) is 10.6 Å². The van der Waals surface area contributed by atoms with Crippen LogP contribution in [0.15, 0.2) is 0 Å². The summed E-state index contributed by atoms with van der Waals surface area (Å²) < 4.78 is 0. The van der Waals surface area contributed by atoms with Crippen molar-refractivity contribution in [2.45, 2.75) is 32.2 Å². The highest BCUT2D eigenvalue weighted by Crippen LogP contribution is 1.97. The highest BCUT2D eigenvalue weighted by Gasteiger charge is 2.07. The third-order valence-corrected chi connectivity index (χ3v) is 1.85. The minimum absolute atomic E-state index is 0.0842. The van der Waals surface area contributed by atoms with E-state index in [1.165, 1.54) is 0 Å². The fourth-order valence-corrected chi connectivity index (χ4v) is 1.17. The maximum Gasteiger partial charge on any atom is 0.312 e. The van der Waals surface area contributed by atoms with Crippen LogP contribution in [0.25, 0.3) is 0 Å². The van der Waals surface area contributed by atoms with E-state index in [0.29, 0.717) is 19.5 Å². The molecule has 0 aliphatic rings. The number of carbonyl (C=O) groups excluding carboxylic acids is 2. The van der Waals surface area contributed by atoms with Crippen molar-refractivity contribution < 1.29 is 9.59 Å². The highest BCUT2D eigenvalue weighted by molar-refractivity contribution is 5.76. The molecular weight excluding hydrogens is 196 g/mol. The molecule has 1 unspecified atom stereocenters. The van der Waals surface area contributed by atoms with Gasteiger partial charge in [0.05, 0.1) is 0 Å². The Morgan fingerprint density at radius 2 is 1.87 bits per heavy atom. The monoisotopic (exact) mass is 216 g/mol. The van der Waals surface area contributed by atoms with Crippen molar-refractivity contribution in [3.8, 4) is 0 Å². The lowest BCUT2D eigenvalue weighted by Gasteiger charge is -2.10. The smallest absolute Gasteiger partial charge is 0.312 e. The molecule has 3 amide bonds. The van der Waals surface area contributed by atoms with Crippen LogP contribution in [0.5, 0.6) is 0 Å². The van der Waals surface area contributed by atoms with Crippen LogP contribution >= 0.6 is 0 Å². The molecule has 0 saturated carbocycles. The van der Waals surface area contributed by atoms with Crippen LogP contribution in [-0.4, -0.2) is 31.1 Å². The first-order valence-electron chi connectivity index (χ1n) is 5.11. The fraction of sp³-hybridized carbons (Fsp3) is 0.778. The summed E-state index contributed by atoms with van der Waals surface area (Å²) in [7, 11) is 0. The van der Waals surface area contributed by atoms with Gasteiger partial charge in [0.2, 0.25) is 5.91 Å². The first-order valence-corrected chi connectivity index (χ1v) is 5.11. The molecule has 0 spiro atoms. The van der Waals surface area contributed by atoms with Crippen molar-refractivity contribution in [2.24, 2.45) is 11.5 Å². The average molecular weight is 216 g/mol. The molecular formula is C9H20N4O2. The Kier molecular flexibility index (Phi) is 7.35. The standard InChI is InChI=1S/C9H20N4O2/c1-2-3-7(10)6-8(14)12-4-5-13-9(11)15/h7H,2-6,10H2,1H3,(H,12,14)(H3,11,13,15). The summed E-state index contributed by atoms with van der Waals surface area (Å²) in [6.07, 6.45) is 2.13. The molecule has 0 rings (SSSR count). The predicted molar refractivity (Wildman–Crippen MR) is 58.1 cm³/mol. The van der Waals surface area contributed by atoms with Crippen LogP contribution in [0.3, 0.4) is 0 Å². The van der Waals surface area contributed by atoms with Gasteiger partial charge in [0, 0.05) is 25.6 Å². The second-order valence-corrected chi connectivity index (χ2v) is 3.39. The summed E-state index contributed by atoms with van der Waals surface area (Å²) in [5, 5.41) is 5.01. The number of amides is 3. The van der Waals surface area contributed by atoms with E-state index in [1.807, 2.05) is 6.92 Å². The predicted octanol–water partition coefficient (Wildman–Crippen LogP) is -0.712. The fourth-order valence-electron chi connectivity index (χ4n) is 1.17. The average Bonchev–Trinajstić information content (AvgIpc) is 2.12. The van der Waals surface area contributed by atoms with Gasteiger partial charge in [-0.25, -0.2) is 4.79 Å². The van der Waals surface area contributed by atoms with Crippen molar-refractivity contribution in [3.63, 3.8) is 0 Å². The van der Waals surface area contributed by atoms with Gasteiger partial charge in [-0.05, 0) is 6.42 Å². The molecule has 0 aromatic carbocycles. The van der Waals surface area contributed by atoms with Gasteiger partial charge in [0.15, 0.2) is 0 Å². The number of hydrogen-bond donors (Lipinski definition) is 4. The maximum atomic E-state index is 11.2. The molecule has 6 nitrogen and oxygen atoms in total. The Morgan fingerprint density at radius 1 is 1.27 bits per heavy atom. The molecule has 0 aromatic heterocycles. The van der Waals surface area contributed by atoms with Crippen molar-refractivity contribution in [1.29, 1.82) is 0 Å². The molecule has 0 heterocycles. The molecule has 6 N–H and O–H groups in total. The molecule has 0 aliphatic carbocycles. The lowest BCUT2D eigenvalue weighted by molar-refractivity contribution is -0.121. The van der Waals surface area contributed by atoms with E-state index in [0.717, 1.165) is 12.8 Å². The zero-order valence-electron chi connectivity index (χ0n) is 9.08. The molecule has 0 fully saturated rings. The van der Waals surface area contributed by atoms with Crippen molar-refractivity contribution in [2.75, 3.05) is 13.1 Å². The number of primary amides is 1. The number of nitrogens with two attached hydrogens (primary N) is 2. The van der Waals surface area contributed by atoms with Gasteiger partial charge in [-0.1, -0.05) is 13.3 Å². The highest BCUT2D eigenvalue weighted by atomic mass is 16.2.